The summed E-state index contributed by atoms with van der Waals surface area (Å²) in [6.07, 6.45) is 5.11. The van der Waals surface area contributed by atoms with Gasteiger partial charge in [-0.3, -0.25) is 9.48 Å². The minimum atomic E-state index is -0.244. The number of anilines is 1. The van der Waals surface area contributed by atoms with Crippen LogP contribution in [0.2, 0.25) is 0 Å². The molecular weight excluding hydrogens is 324 g/mol. The monoisotopic (exact) mass is 338 g/mol. The lowest BCUT2D eigenvalue weighted by Gasteiger charge is -2.15. The van der Waals surface area contributed by atoms with E-state index in [1.165, 1.54) is 0 Å². The number of carbonyl (C=O) groups is 1. The summed E-state index contributed by atoms with van der Waals surface area (Å²) in [6.45, 7) is 2.49. The van der Waals surface area contributed by atoms with Crippen molar-refractivity contribution in [1.82, 2.24) is 20.1 Å². The van der Waals surface area contributed by atoms with Crippen LogP contribution >= 0.6 is 15.9 Å². The number of aromatic nitrogens is 3. The first-order valence-electron chi connectivity index (χ1n) is 6.00. The highest BCUT2D eigenvalue weighted by Gasteiger charge is 2.15. The van der Waals surface area contributed by atoms with Crippen LogP contribution in [0.25, 0.3) is 0 Å². The largest absolute Gasteiger partial charge is 0.348 e. The standard InChI is InChI=1S/C12H15BrN6O/c1-8(7-19-4-2-3-16-19)17-12(20)10-5-9(13)6-15-11(10)18-14/h2-6,8H,7,14H2,1H3,(H,15,18)(H,17,20). The highest BCUT2D eigenvalue weighted by Crippen LogP contribution is 2.17. The molecule has 2 rings (SSSR count). The summed E-state index contributed by atoms with van der Waals surface area (Å²) in [6, 6.07) is 3.42. The zero-order chi connectivity index (χ0) is 14.5. The first-order valence-corrected chi connectivity index (χ1v) is 6.80. The van der Waals surface area contributed by atoms with Gasteiger partial charge in [-0.1, -0.05) is 0 Å². The van der Waals surface area contributed by atoms with Gasteiger partial charge in [0.05, 0.1) is 12.1 Å². The summed E-state index contributed by atoms with van der Waals surface area (Å²) in [5, 5.41) is 6.98. The molecule has 0 aromatic carbocycles. The van der Waals surface area contributed by atoms with Gasteiger partial charge >= 0.3 is 0 Å². The zero-order valence-corrected chi connectivity index (χ0v) is 12.5. The molecule has 1 amide bonds. The molecule has 0 radical (unpaired) electrons. The minimum absolute atomic E-state index is 0.0768. The van der Waals surface area contributed by atoms with E-state index >= 15 is 0 Å². The highest BCUT2D eigenvalue weighted by molar-refractivity contribution is 9.10. The van der Waals surface area contributed by atoms with E-state index in [0.29, 0.717) is 22.4 Å². The molecule has 0 aliphatic rings. The van der Waals surface area contributed by atoms with Crippen molar-refractivity contribution in [2.45, 2.75) is 19.5 Å². The van der Waals surface area contributed by atoms with E-state index < -0.39 is 0 Å². The van der Waals surface area contributed by atoms with Crippen molar-refractivity contribution in [1.29, 1.82) is 0 Å². The zero-order valence-electron chi connectivity index (χ0n) is 10.9. The number of pyridine rings is 1. The molecule has 2 aromatic rings. The third-order valence-corrected chi connectivity index (χ3v) is 3.07. The van der Waals surface area contributed by atoms with E-state index in [9.17, 15) is 4.79 Å². The first kappa shape index (κ1) is 14.5. The average Bonchev–Trinajstić information content (AvgIpc) is 2.91. The number of nitrogens with one attached hydrogen (secondary N) is 2. The smallest absolute Gasteiger partial charge is 0.255 e. The van der Waals surface area contributed by atoms with Crippen LogP contribution in [0.3, 0.4) is 0 Å². The van der Waals surface area contributed by atoms with Crippen LogP contribution in [-0.2, 0) is 6.54 Å². The van der Waals surface area contributed by atoms with Gasteiger partial charge in [0.25, 0.3) is 5.91 Å². The summed E-state index contributed by atoms with van der Waals surface area (Å²) in [5.41, 5.74) is 2.80. The molecule has 2 heterocycles. The molecule has 8 heteroatoms. The Balaban J connectivity index is 2.06. The topological polar surface area (TPSA) is 97.9 Å². The number of hydrogen-bond acceptors (Lipinski definition) is 5. The van der Waals surface area contributed by atoms with E-state index in [0.717, 1.165) is 0 Å². The summed E-state index contributed by atoms with van der Waals surface area (Å²) < 4.78 is 2.47. The number of hydrazine groups is 1. The number of nitrogens with zero attached hydrogens (tertiary/aromatic N) is 3. The Morgan fingerprint density at radius 3 is 3.05 bits per heavy atom. The molecule has 1 atom stereocenters. The van der Waals surface area contributed by atoms with Gasteiger partial charge < -0.3 is 10.7 Å². The number of halogens is 1. The number of hydrogen-bond donors (Lipinski definition) is 3. The van der Waals surface area contributed by atoms with Crippen LogP contribution in [0, 0.1) is 0 Å². The van der Waals surface area contributed by atoms with Gasteiger partial charge in [-0.15, -0.1) is 0 Å². The van der Waals surface area contributed by atoms with Gasteiger partial charge in [-0.2, -0.15) is 5.10 Å². The lowest BCUT2D eigenvalue weighted by atomic mass is 10.2. The number of rotatable bonds is 5. The molecule has 0 aliphatic heterocycles. The second-order valence-electron chi connectivity index (χ2n) is 4.30. The van der Waals surface area contributed by atoms with Gasteiger partial charge in [0.1, 0.15) is 0 Å². The SMILES string of the molecule is CC(Cn1cccn1)NC(=O)c1cc(Br)cnc1NN. The highest BCUT2D eigenvalue weighted by atomic mass is 79.9. The predicted octanol–water partition coefficient (Wildman–Crippen LogP) is 1.14. The van der Waals surface area contributed by atoms with Crippen LogP contribution in [-0.4, -0.2) is 26.7 Å². The normalized spacial score (nSPS) is 11.9. The molecular formula is C12H15BrN6O. The molecule has 0 spiro atoms. The van der Waals surface area contributed by atoms with Crippen LogP contribution in [0.4, 0.5) is 5.82 Å². The van der Waals surface area contributed by atoms with Crippen LogP contribution < -0.4 is 16.6 Å². The Kier molecular flexibility index (Phi) is 4.70. The Hall–Kier alpha value is -1.93. The van der Waals surface area contributed by atoms with Gasteiger partial charge in [-0.05, 0) is 35.0 Å². The van der Waals surface area contributed by atoms with Crippen molar-refractivity contribution in [3.8, 4) is 0 Å². The lowest BCUT2D eigenvalue weighted by molar-refractivity contribution is 0.0936. The summed E-state index contributed by atoms with van der Waals surface area (Å²) in [5.74, 6) is 5.44. The van der Waals surface area contributed by atoms with Gasteiger partial charge in [0.15, 0.2) is 5.82 Å². The molecule has 0 aliphatic carbocycles. The quantitative estimate of drug-likeness (QED) is 0.561. The first-order chi connectivity index (χ1) is 9.60. The van der Waals surface area contributed by atoms with Crippen molar-refractivity contribution < 1.29 is 4.79 Å². The number of nitrogens with two attached hydrogens (primary N) is 1. The maximum atomic E-state index is 12.2. The third kappa shape index (κ3) is 3.55. The third-order valence-electron chi connectivity index (χ3n) is 2.63. The predicted molar refractivity (Wildman–Crippen MR) is 78.9 cm³/mol. The second kappa shape index (κ2) is 6.49. The van der Waals surface area contributed by atoms with Gasteiger partial charge in [0.2, 0.25) is 0 Å². The Labute approximate surface area is 124 Å². The van der Waals surface area contributed by atoms with Crippen molar-refractivity contribution in [2.75, 3.05) is 5.43 Å². The molecule has 106 valence electrons. The molecule has 7 nitrogen and oxygen atoms in total. The molecule has 1 unspecified atom stereocenters. The summed E-state index contributed by atoms with van der Waals surface area (Å²) in [4.78, 5) is 16.3. The molecule has 4 N–H and O–H groups in total. The van der Waals surface area contributed by atoms with Crippen molar-refractivity contribution in [3.05, 3.63) is 40.8 Å². The fourth-order valence-electron chi connectivity index (χ4n) is 1.76. The van der Waals surface area contributed by atoms with Gasteiger partial charge in [0, 0.05) is 29.1 Å². The number of nitrogen functional groups attached to an aromatic ring is 1. The van der Waals surface area contributed by atoms with Crippen molar-refractivity contribution in [3.63, 3.8) is 0 Å². The molecule has 0 saturated carbocycles. The van der Waals surface area contributed by atoms with E-state index in [4.69, 9.17) is 5.84 Å². The minimum Gasteiger partial charge on any atom is -0.348 e. The summed E-state index contributed by atoms with van der Waals surface area (Å²) >= 11 is 3.28. The molecule has 2 aromatic heterocycles. The Morgan fingerprint density at radius 1 is 1.60 bits per heavy atom. The fraction of sp³-hybridized carbons (Fsp3) is 0.250. The summed E-state index contributed by atoms with van der Waals surface area (Å²) in [7, 11) is 0. The second-order valence-corrected chi connectivity index (χ2v) is 5.21. The van der Waals surface area contributed by atoms with Gasteiger partial charge in [-0.25, -0.2) is 10.8 Å². The maximum Gasteiger partial charge on any atom is 0.255 e. The van der Waals surface area contributed by atoms with E-state index in [2.05, 4.69) is 36.8 Å². The van der Waals surface area contributed by atoms with E-state index in [-0.39, 0.29) is 11.9 Å². The lowest BCUT2D eigenvalue weighted by Crippen LogP contribution is -2.36. The Bertz CT molecular complexity index is 586. The average molecular weight is 339 g/mol. The van der Waals surface area contributed by atoms with Crippen molar-refractivity contribution >= 4 is 27.7 Å². The fourth-order valence-corrected chi connectivity index (χ4v) is 2.09. The van der Waals surface area contributed by atoms with Crippen molar-refractivity contribution in [2.24, 2.45) is 5.84 Å². The van der Waals surface area contributed by atoms with E-state index in [1.54, 1.807) is 23.1 Å². The Morgan fingerprint density at radius 2 is 2.40 bits per heavy atom. The molecule has 0 saturated heterocycles. The number of amides is 1. The number of carbonyl (C=O) groups excluding carboxylic acids is 1. The van der Waals surface area contributed by atoms with Crippen LogP contribution in [0.5, 0.6) is 0 Å². The maximum absolute atomic E-state index is 12.2. The van der Waals surface area contributed by atoms with Crippen LogP contribution in [0.1, 0.15) is 17.3 Å². The molecule has 0 fully saturated rings. The van der Waals surface area contributed by atoms with E-state index in [1.807, 2.05) is 19.2 Å². The van der Waals surface area contributed by atoms with Crippen LogP contribution in [0.15, 0.2) is 35.2 Å². The molecule has 0 bridgehead atoms. The molecule has 20 heavy (non-hydrogen) atoms.